The first kappa shape index (κ1) is 28.4. The van der Waals surface area contributed by atoms with Crippen LogP contribution in [0.2, 0.25) is 0 Å². The summed E-state index contributed by atoms with van der Waals surface area (Å²) >= 11 is 0. The Labute approximate surface area is 194 Å². The smallest absolute Gasteiger partial charge is 0.431 e. The number of carbonyl (C=O) groups is 1. The van der Waals surface area contributed by atoms with E-state index in [1.54, 1.807) is 0 Å². The summed E-state index contributed by atoms with van der Waals surface area (Å²) in [5.41, 5.74) is 0. The summed E-state index contributed by atoms with van der Waals surface area (Å²) < 4.78 is 43.0. The molecule has 0 radical (unpaired) electrons. The molecule has 0 aliphatic rings. The maximum Gasteiger partial charge on any atom is 0.514 e. The van der Waals surface area contributed by atoms with E-state index in [2.05, 4.69) is 13.8 Å². The van der Waals surface area contributed by atoms with Crippen LogP contribution < -0.4 is 4.74 Å². The van der Waals surface area contributed by atoms with Gasteiger partial charge in [0.15, 0.2) is 5.75 Å². The highest BCUT2D eigenvalue weighted by molar-refractivity contribution is 7.86. The van der Waals surface area contributed by atoms with Gasteiger partial charge in [0.25, 0.3) is 10.1 Å². The molecule has 0 aliphatic heterocycles. The van der Waals surface area contributed by atoms with Crippen molar-refractivity contribution in [3.8, 4) is 5.75 Å². The fourth-order valence-electron chi connectivity index (χ4n) is 3.74. The second-order valence-corrected chi connectivity index (χ2v) is 9.87. The average Bonchev–Trinajstić information content (AvgIpc) is 2.74. The monoisotopic (exact) mass is 470 g/mol. The molecule has 7 heteroatoms. The number of rotatable bonds is 18. The molecule has 0 bridgehead atoms. The third-order valence-corrected chi connectivity index (χ3v) is 6.49. The molecular formula is C25H42O6S. The Morgan fingerprint density at radius 3 is 1.78 bits per heavy atom. The number of hydrogen-bond acceptors (Lipinski definition) is 5. The predicted octanol–water partition coefficient (Wildman–Crippen LogP) is 7.71. The average molecular weight is 471 g/mol. The molecule has 32 heavy (non-hydrogen) atoms. The summed E-state index contributed by atoms with van der Waals surface area (Å²) in [4.78, 5) is 11.9. The van der Waals surface area contributed by atoms with Crippen LogP contribution in [-0.4, -0.2) is 25.2 Å². The quantitative estimate of drug-likeness (QED) is 0.102. The molecule has 184 valence electrons. The Hall–Kier alpha value is -1.60. The maximum atomic E-state index is 12.4. The minimum absolute atomic E-state index is 0.228. The van der Waals surface area contributed by atoms with Crippen LogP contribution in [0.5, 0.6) is 5.75 Å². The number of ether oxygens (including phenoxy) is 2. The van der Waals surface area contributed by atoms with Crippen LogP contribution in [0, 0.1) is 0 Å². The standard InChI is InChI=1S/C25H42O6S/c1-3-5-7-9-11-13-15-19-22(18-14-12-10-8-6-4-2)30-25(26)31-23-20-16-17-21-24(23)32(27,28)29/h16-17,20-22H,3-15,18-19H2,1-2H3,(H,27,28,29). The molecule has 1 atom stereocenters. The second kappa shape index (κ2) is 17.0. The summed E-state index contributed by atoms with van der Waals surface area (Å²) in [5.74, 6) is -0.228. The molecule has 0 saturated carbocycles. The molecule has 0 spiro atoms. The fourth-order valence-corrected chi connectivity index (χ4v) is 4.36. The van der Waals surface area contributed by atoms with E-state index in [-0.39, 0.29) is 11.9 Å². The second-order valence-electron chi connectivity index (χ2n) is 8.48. The first-order valence-corrected chi connectivity index (χ1v) is 13.8. The van der Waals surface area contributed by atoms with Gasteiger partial charge in [-0.3, -0.25) is 4.55 Å². The van der Waals surface area contributed by atoms with Crippen LogP contribution in [0.3, 0.4) is 0 Å². The van der Waals surface area contributed by atoms with Crippen molar-refractivity contribution >= 4 is 16.3 Å². The van der Waals surface area contributed by atoms with E-state index in [0.717, 1.165) is 38.5 Å². The lowest BCUT2D eigenvalue weighted by Gasteiger charge is -2.18. The molecule has 0 aliphatic carbocycles. The molecule has 0 heterocycles. The highest BCUT2D eigenvalue weighted by Crippen LogP contribution is 2.24. The highest BCUT2D eigenvalue weighted by atomic mass is 32.2. The largest absolute Gasteiger partial charge is 0.514 e. The van der Waals surface area contributed by atoms with Crippen molar-refractivity contribution in [2.75, 3.05) is 0 Å². The van der Waals surface area contributed by atoms with Gasteiger partial charge in [-0.05, 0) is 37.8 Å². The molecule has 0 amide bonds. The van der Waals surface area contributed by atoms with Gasteiger partial charge in [0.1, 0.15) is 11.0 Å². The van der Waals surface area contributed by atoms with Gasteiger partial charge >= 0.3 is 6.16 Å². The predicted molar refractivity (Wildman–Crippen MR) is 128 cm³/mol. The number of carbonyl (C=O) groups excluding carboxylic acids is 1. The molecule has 1 rings (SSSR count). The minimum Gasteiger partial charge on any atom is -0.431 e. The van der Waals surface area contributed by atoms with Gasteiger partial charge in [0, 0.05) is 0 Å². The van der Waals surface area contributed by atoms with Crippen molar-refractivity contribution in [1.29, 1.82) is 0 Å². The van der Waals surface area contributed by atoms with Crippen molar-refractivity contribution in [3.63, 3.8) is 0 Å². The normalized spacial score (nSPS) is 12.5. The molecule has 1 aromatic rings. The minimum atomic E-state index is -4.49. The topological polar surface area (TPSA) is 89.9 Å². The van der Waals surface area contributed by atoms with Crippen LogP contribution in [0.4, 0.5) is 4.79 Å². The lowest BCUT2D eigenvalue weighted by molar-refractivity contribution is 0.0476. The number of para-hydroxylation sites is 1. The number of unbranched alkanes of at least 4 members (excludes halogenated alkanes) is 11. The van der Waals surface area contributed by atoms with Gasteiger partial charge in [-0.15, -0.1) is 0 Å². The lowest BCUT2D eigenvalue weighted by Crippen LogP contribution is -2.22. The zero-order valence-electron chi connectivity index (χ0n) is 19.9. The van der Waals surface area contributed by atoms with E-state index >= 15 is 0 Å². The van der Waals surface area contributed by atoms with Crippen molar-refractivity contribution in [2.45, 2.75) is 121 Å². The van der Waals surface area contributed by atoms with Crippen LogP contribution >= 0.6 is 0 Å². The van der Waals surface area contributed by atoms with Crippen LogP contribution in [-0.2, 0) is 14.9 Å². The molecule has 1 unspecified atom stereocenters. The van der Waals surface area contributed by atoms with Gasteiger partial charge in [-0.25, -0.2) is 4.79 Å². The molecule has 6 nitrogen and oxygen atoms in total. The zero-order chi connectivity index (χ0) is 23.7. The summed E-state index contributed by atoms with van der Waals surface area (Å²) in [6.45, 7) is 4.40. The summed E-state index contributed by atoms with van der Waals surface area (Å²) in [7, 11) is -4.49. The maximum absolute atomic E-state index is 12.4. The number of benzene rings is 1. The zero-order valence-corrected chi connectivity index (χ0v) is 20.7. The van der Waals surface area contributed by atoms with Crippen molar-refractivity contribution in [3.05, 3.63) is 24.3 Å². The Balaban J connectivity index is 2.56. The SMILES string of the molecule is CCCCCCCCCC(CCCCCCCC)OC(=O)Oc1ccccc1S(=O)(=O)O. The van der Waals surface area contributed by atoms with Crippen LogP contribution in [0.1, 0.15) is 110 Å². The van der Waals surface area contributed by atoms with Crippen molar-refractivity contribution in [2.24, 2.45) is 0 Å². The molecule has 0 aromatic heterocycles. The van der Waals surface area contributed by atoms with E-state index in [1.807, 2.05) is 0 Å². The van der Waals surface area contributed by atoms with Gasteiger partial charge in [0.05, 0.1) is 0 Å². The lowest BCUT2D eigenvalue weighted by atomic mass is 10.0. The summed E-state index contributed by atoms with van der Waals surface area (Å²) in [6, 6.07) is 5.49. The molecule has 0 fully saturated rings. The highest BCUT2D eigenvalue weighted by Gasteiger charge is 2.21. The third kappa shape index (κ3) is 13.1. The van der Waals surface area contributed by atoms with E-state index in [0.29, 0.717) is 0 Å². The van der Waals surface area contributed by atoms with Crippen LogP contribution in [0.15, 0.2) is 29.2 Å². The Morgan fingerprint density at radius 2 is 1.28 bits per heavy atom. The first-order chi connectivity index (χ1) is 15.4. The van der Waals surface area contributed by atoms with Crippen molar-refractivity contribution in [1.82, 2.24) is 0 Å². The first-order valence-electron chi connectivity index (χ1n) is 12.3. The number of hydrogen-bond donors (Lipinski definition) is 1. The summed E-state index contributed by atoms with van der Waals surface area (Å²) in [5, 5.41) is 0. The van der Waals surface area contributed by atoms with E-state index in [9.17, 15) is 17.8 Å². The van der Waals surface area contributed by atoms with E-state index in [4.69, 9.17) is 9.47 Å². The van der Waals surface area contributed by atoms with Gasteiger partial charge in [0.2, 0.25) is 0 Å². The third-order valence-electron chi connectivity index (χ3n) is 5.59. The fraction of sp³-hybridized carbons (Fsp3) is 0.720. The van der Waals surface area contributed by atoms with Gasteiger partial charge in [-0.1, -0.05) is 96.6 Å². The molecule has 0 saturated heterocycles. The summed E-state index contributed by atoms with van der Waals surface area (Å²) in [6.07, 6.45) is 15.7. The van der Waals surface area contributed by atoms with E-state index in [1.165, 1.54) is 82.1 Å². The van der Waals surface area contributed by atoms with E-state index < -0.39 is 21.2 Å². The Bertz CT molecular complexity index is 732. The van der Waals surface area contributed by atoms with Gasteiger partial charge < -0.3 is 9.47 Å². The van der Waals surface area contributed by atoms with Crippen LogP contribution in [0.25, 0.3) is 0 Å². The molecular weight excluding hydrogens is 428 g/mol. The van der Waals surface area contributed by atoms with Crippen molar-refractivity contribution < 1.29 is 27.2 Å². The molecule has 1 aromatic carbocycles. The molecule has 1 N–H and O–H groups in total. The Morgan fingerprint density at radius 1 is 0.812 bits per heavy atom. The van der Waals surface area contributed by atoms with Gasteiger partial charge in [-0.2, -0.15) is 8.42 Å². The Kier molecular flexibility index (Phi) is 15.1.